The van der Waals surface area contributed by atoms with Crippen molar-refractivity contribution in [2.24, 2.45) is 8.80 Å². The molecule has 0 aliphatic carbocycles. The second-order valence-electron chi connectivity index (χ2n) is 4.79. The fourth-order valence-electron chi connectivity index (χ4n) is 2.23. The molecule has 6 heteroatoms. The van der Waals surface area contributed by atoms with Gasteiger partial charge in [-0.25, -0.2) is 9.59 Å². The van der Waals surface area contributed by atoms with Crippen LogP contribution in [0.1, 0.15) is 0 Å². The average Bonchev–Trinajstić information content (AvgIpc) is 2.72. The lowest BCUT2D eigenvalue weighted by Crippen LogP contribution is -2.20. The van der Waals surface area contributed by atoms with Gasteiger partial charge in [0.25, 0.3) is 0 Å². The summed E-state index contributed by atoms with van der Waals surface area (Å²) < 4.78 is 5.69. The number of hydrogen-bond acceptors (Lipinski definition) is 5. The molecule has 3 aromatic rings. The van der Waals surface area contributed by atoms with Crippen molar-refractivity contribution in [3.8, 4) is 0 Å². The molecule has 0 bridgehead atoms. The molecule has 0 spiro atoms. The number of nitrogens with zero attached hydrogens (tertiary/aromatic N) is 2. The normalized spacial score (nSPS) is 9.27. The van der Waals surface area contributed by atoms with E-state index in [4.69, 9.17) is 0 Å². The lowest BCUT2D eigenvalue weighted by atomic mass is 10.4. The van der Waals surface area contributed by atoms with E-state index in [1.54, 1.807) is 0 Å². The smallest absolute Gasteiger partial charge is 0.210 e. The van der Waals surface area contributed by atoms with E-state index in [0.717, 1.165) is 0 Å². The highest BCUT2D eigenvalue weighted by molar-refractivity contribution is 7.96. The molecule has 26 heavy (non-hydrogen) atoms. The molecule has 0 fully saturated rings. The van der Waals surface area contributed by atoms with Gasteiger partial charge in [0.15, 0.2) is 0 Å². The molecule has 4 nitrogen and oxygen atoms in total. The van der Waals surface area contributed by atoms with Crippen LogP contribution in [0.5, 0.6) is 0 Å². The third-order valence-corrected chi connectivity index (χ3v) is 5.96. The molecule has 0 saturated carbocycles. The second kappa shape index (κ2) is 11.7. The van der Waals surface area contributed by atoms with Crippen LogP contribution >= 0.6 is 20.1 Å². The Morgan fingerprint density at radius 2 is 0.885 bits per heavy atom. The first-order valence-electron chi connectivity index (χ1n) is 7.62. The van der Waals surface area contributed by atoms with E-state index in [9.17, 15) is 9.59 Å². The Balaban J connectivity index is 0.000000298. The number of rotatable bonds is 5. The standard InChI is InChI=1S/C18H15P.C2N2O2S/c1-4-10-16(11-5-1)19(17-12-6-2-7-13-17)18-14-8-3-9-15-18;5-1-3-7-4-2-6/h1-15H;. The first-order chi connectivity index (χ1) is 12.9. The van der Waals surface area contributed by atoms with E-state index >= 15 is 0 Å². The summed E-state index contributed by atoms with van der Waals surface area (Å²) in [6, 6.07) is 32.3. The van der Waals surface area contributed by atoms with Gasteiger partial charge in [-0.2, -0.15) is 0 Å². The van der Waals surface area contributed by atoms with Crippen LogP contribution in [0.3, 0.4) is 0 Å². The van der Waals surface area contributed by atoms with Crippen LogP contribution in [0.4, 0.5) is 0 Å². The molecule has 0 aliphatic rings. The summed E-state index contributed by atoms with van der Waals surface area (Å²) in [6.45, 7) is 0. The zero-order valence-electron chi connectivity index (χ0n) is 13.7. The Morgan fingerprint density at radius 3 is 1.15 bits per heavy atom. The fourth-order valence-corrected chi connectivity index (χ4v) is 4.64. The van der Waals surface area contributed by atoms with Gasteiger partial charge in [0.05, 0.1) is 0 Å². The van der Waals surface area contributed by atoms with Gasteiger partial charge in [-0.15, -0.1) is 8.80 Å². The van der Waals surface area contributed by atoms with Crippen molar-refractivity contribution < 1.29 is 9.59 Å². The summed E-state index contributed by atoms with van der Waals surface area (Å²) in [5.74, 6) is 0. The zero-order valence-corrected chi connectivity index (χ0v) is 15.4. The van der Waals surface area contributed by atoms with Gasteiger partial charge in [-0.05, 0) is 23.8 Å². The van der Waals surface area contributed by atoms with Crippen LogP contribution in [0, 0.1) is 0 Å². The fraction of sp³-hybridized carbons (Fsp3) is 0. The summed E-state index contributed by atoms with van der Waals surface area (Å²) in [6.07, 6.45) is 2.34. The van der Waals surface area contributed by atoms with Crippen LogP contribution in [0.15, 0.2) is 99.8 Å². The molecule has 0 unspecified atom stereocenters. The third-order valence-electron chi connectivity index (χ3n) is 3.20. The first kappa shape index (κ1) is 19.5. The summed E-state index contributed by atoms with van der Waals surface area (Å²) in [4.78, 5) is 18.4. The Labute approximate surface area is 157 Å². The van der Waals surface area contributed by atoms with Crippen molar-refractivity contribution in [1.29, 1.82) is 0 Å². The van der Waals surface area contributed by atoms with Gasteiger partial charge in [0.1, 0.15) is 12.1 Å². The van der Waals surface area contributed by atoms with Crippen molar-refractivity contribution in [2.75, 3.05) is 0 Å². The molecule has 0 atom stereocenters. The lowest BCUT2D eigenvalue weighted by Gasteiger charge is -2.18. The minimum absolute atomic E-state index is 0.446. The Bertz CT molecular complexity index is 770. The maximum Gasteiger partial charge on any atom is 0.249 e. The van der Waals surface area contributed by atoms with Crippen LogP contribution in [0.2, 0.25) is 0 Å². The molecule has 0 aliphatic heterocycles. The van der Waals surface area contributed by atoms with E-state index in [-0.39, 0.29) is 0 Å². The van der Waals surface area contributed by atoms with Gasteiger partial charge < -0.3 is 0 Å². The average molecular weight is 378 g/mol. The molecule has 0 saturated heterocycles. The first-order valence-corrected chi connectivity index (χ1v) is 9.70. The van der Waals surface area contributed by atoms with Gasteiger partial charge in [0, 0.05) is 0 Å². The quantitative estimate of drug-likeness (QED) is 0.295. The second-order valence-corrected chi connectivity index (χ2v) is 7.54. The maximum absolute atomic E-state index is 9.18. The largest absolute Gasteiger partial charge is 0.249 e. The molecular formula is C20H15N2O2PS. The molecule has 0 aromatic heterocycles. The van der Waals surface area contributed by atoms with Gasteiger partial charge in [0.2, 0.25) is 12.2 Å². The monoisotopic (exact) mass is 378 g/mol. The molecule has 0 N–H and O–H groups in total. The summed E-state index contributed by atoms with van der Waals surface area (Å²) >= 11 is 0.456. The molecule has 0 amide bonds. The van der Waals surface area contributed by atoms with Crippen LogP contribution < -0.4 is 15.9 Å². The van der Waals surface area contributed by atoms with E-state index in [1.807, 2.05) is 0 Å². The van der Waals surface area contributed by atoms with Crippen LogP contribution in [-0.2, 0) is 9.59 Å². The number of carbonyl (C=O) groups excluding carboxylic acids is 2. The zero-order chi connectivity index (χ0) is 18.5. The topological polar surface area (TPSA) is 58.9 Å². The molecule has 3 aromatic carbocycles. The van der Waals surface area contributed by atoms with Crippen molar-refractivity contribution in [2.45, 2.75) is 0 Å². The van der Waals surface area contributed by atoms with Crippen LogP contribution in [0.25, 0.3) is 0 Å². The highest BCUT2D eigenvalue weighted by Gasteiger charge is 2.14. The number of hydrogen-bond donors (Lipinski definition) is 0. The highest BCUT2D eigenvalue weighted by atomic mass is 32.2. The third kappa shape index (κ3) is 6.25. The van der Waals surface area contributed by atoms with Crippen molar-refractivity contribution in [1.82, 2.24) is 0 Å². The van der Waals surface area contributed by atoms with Gasteiger partial charge in [-0.3, -0.25) is 0 Å². The van der Waals surface area contributed by atoms with Crippen molar-refractivity contribution in [3.63, 3.8) is 0 Å². The van der Waals surface area contributed by atoms with E-state index in [0.29, 0.717) is 12.1 Å². The summed E-state index contributed by atoms with van der Waals surface area (Å²) in [7, 11) is -0.446. The molecule has 3 rings (SSSR count). The molecule has 0 heterocycles. The molecule has 0 radical (unpaired) electrons. The van der Waals surface area contributed by atoms with Crippen LogP contribution in [-0.4, -0.2) is 12.2 Å². The Hall–Kier alpha value is -2.80. The molecule has 128 valence electrons. The minimum Gasteiger partial charge on any atom is -0.210 e. The Kier molecular flexibility index (Phi) is 8.79. The van der Waals surface area contributed by atoms with E-state index < -0.39 is 7.92 Å². The summed E-state index contributed by atoms with van der Waals surface area (Å²) in [5, 5.41) is 4.19. The summed E-state index contributed by atoms with van der Waals surface area (Å²) in [5.41, 5.74) is 0. The van der Waals surface area contributed by atoms with E-state index in [1.165, 1.54) is 28.1 Å². The minimum atomic E-state index is -0.446. The number of benzene rings is 3. The molecular weight excluding hydrogens is 363 g/mol. The van der Waals surface area contributed by atoms with Crippen molar-refractivity contribution in [3.05, 3.63) is 91.0 Å². The van der Waals surface area contributed by atoms with Crippen molar-refractivity contribution >= 4 is 48.1 Å². The Morgan fingerprint density at radius 1 is 0.577 bits per heavy atom. The van der Waals surface area contributed by atoms with E-state index in [2.05, 4.69) is 99.8 Å². The number of isocyanates is 2. The van der Waals surface area contributed by atoms with Gasteiger partial charge in [-0.1, -0.05) is 91.0 Å². The lowest BCUT2D eigenvalue weighted by molar-refractivity contribution is 0.566. The predicted molar refractivity (Wildman–Crippen MR) is 109 cm³/mol. The van der Waals surface area contributed by atoms with Gasteiger partial charge >= 0.3 is 0 Å². The SMILES string of the molecule is O=C=NSN=C=O.c1ccc(P(c2ccccc2)c2ccccc2)cc1. The predicted octanol–water partition coefficient (Wildman–Crippen LogP) is 3.67. The maximum atomic E-state index is 9.18. The highest BCUT2D eigenvalue weighted by Crippen LogP contribution is 2.32.